The summed E-state index contributed by atoms with van der Waals surface area (Å²) in [5.41, 5.74) is 2.61. The van der Waals surface area contributed by atoms with Gasteiger partial charge in [0.05, 0.1) is 0 Å². The molecular weight excluding hydrogens is 335 g/mol. The van der Waals surface area contributed by atoms with Crippen LogP contribution < -0.4 is 4.74 Å². The molecule has 0 radical (unpaired) electrons. The van der Waals surface area contributed by atoms with Crippen LogP contribution in [-0.2, 0) is 0 Å². The van der Waals surface area contributed by atoms with Crippen LogP contribution in [0.4, 0.5) is 4.39 Å². The van der Waals surface area contributed by atoms with E-state index in [0.29, 0.717) is 17.6 Å². The maximum atomic E-state index is 13.6. The molecule has 27 heavy (non-hydrogen) atoms. The lowest BCUT2D eigenvalue weighted by atomic mass is 9.75. The molecule has 1 nitrogen and oxygen atoms in total. The maximum Gasteiger partial charge on any atom is 0.127 e. The molecule has 0 unspecified atom stereocenters. The van der Waals surface area contributed by atoms with E-state index in [1.165, 1.54) is 36.1 Å². The van der Waals surface area contributed by atoms with E-state index in [9.17, 15) is 4.39 Å². The largest absolute Gasteiger partial charge is 0.485 e. The summed E-state index contributed by atoms with van der Waals surface area (Å²) < 4.78 is 19.9. The Balaban J connectivity index is 1.51. The monoisotopic (exact) mass is 360 g/mol. The lowest BCUT2D eigenvalue weighted by molar-refractivity contribution is 0.103. The highest BCUT2D eigenvalue weighted by Crippen LogP contribution is 2.42. The first-order valence-corrected chi connectivity index (χ1v) is 9.82. The summed E-state index contributed by atoms with van der Waals surface area (Å²) in [6.07, 6.45) is 4.54. The van der Waals surface area contributed by atoms with Gasteiger partial charge in [-0.05, 0) is 54.9 Å². The van der Waals surface area contributed by atoms with Gasteiger partial charge in [-0.15, -0.1) is 0 Å². The van der Waals surface area contributed by atoms with E-state index in [1.54, 1.807) is 6.07 Å². The highest BCUT2D eigenvalue weighted by Gasteiger charge is 2.30. The smallest absolute Gasteiger partial charge is 0.127 e. The quantitative estimate of drug-likeness (QED) is 0.480. The van der Waals surface area contributed by atoms with Crippen LogP contribution in [0.25, 0.3) is 0 Å². The molecule has 1 aliphatic carbocycles. The van der Waals surface area contributed by atoms with Crippen molar-refractivity contribution in [2.75, 3.05) is 0 Å². The number of rotatable bonds is 5. The summed E-state index contributed by atoms with van der Waals surface area (Å²) in [6, 6.07) is 27.6. The topological polar surface area (TPSA) is 9.23 Å². The minimum atomic E-state index is -0.257. The lowest BCUT2D eigenvalue weighted by Crippen LogP contribution is -2.24. The number of hydrogen-bond donors (Lipinski definition) is 0. The van der Waals surface area contributed by atoms with Crippen LogP contribution in [0.2, 0.25) is 0 Å². The van der Waals surface area contributed by atoms with Gasteiger partial charge < -0.3 is 4.74 Å². The minimum Gasteiger partial charge on any atom is -0.485 e. The van der Waals surface area contributed by atoms with Gasteiger partial charge in [-0.2, -0.15) is 0 Å². The Morgan fingerprint density at radius 1 is 0.741 bits per heavy atom. The van der Waals surface area contributed by atoms with Gasteiger partial charge in [0, 0.05) is 12.0 Å². The van der Waals surface area contributed by atoms with Gasteiger partial charge in [0.1, 0.15) is 17.7 Å². The van der Waals surface area contributed by atoms with Crippen LogP contribution in [0.15, 0.2) is 84.9 Å². The number of halogens is 1. The lowest BCUT2D eigenvalue weighted by Gasteiger charge is -2.34. The first-order chi connectivity index (χ1) is 13.3. The van der Waals surface area contributed by atoms with Crippen molar-refractivity contribution in [2.24, 2.45) is 5.92 Å². The van der Waals surface area contributed by atoms with Gasteiger partial charge >= 0.3 is 0 Å². The van der Waals surface area contributed by atoms with Crippen LogP contribution in [0.5, 0.6) is 5.75 Å². The molecule has 0 aromatic heterocycles. The first kappa shape index (κ1) is 17.8. The molecule has 1 fully saturated rings. The fourth-order valence-corrected chi connectivity index (χ4v) is 4.25. The van der Waals surface area contributed by atoms with Gasteiger partial charge in [-0.1, -0.05) is 66.7 Å². The molecule has 3 aromatic carbocycles. The molecule has 0 amide bonds. The predicted octanol–water partition coefficient (Wildman–Crippen LogP) is 6.92. The zero-order valence-electron chi connectivity index (χ0n) is 15.4. The van der Waals surface area contributed by atoms with E-state index in [4.69, 9.17) is 4.74 Å². The van der Waals surface area contributed by atoms with Crippen LogP contribution in [0, 0.1) is 11.7 Å². The SMILES string of the molecule is Fc1cccc(O[C@H](c2ccccc2)C2CCC(c3ccccc3)CC2)c1. The van der Waals surface area contributed by atoms with Crippen LogP contribution in [-0.4, -0.2) is 0 Å². The third kappa shape index (κ3) is 4.39. The molecular formula is C25H25FO. The van der Waals surface area contributed by atoms with E-state index >= 15 is 0 Å². The Kier molecular flexibility index (Phi) is 5.53. The second kappa shape index (κ2) is 8.39. The molecule has 1 atom stereocenters. The Morgan fingerprint density at radius 2 is 1.41 bits per heavy atom. The van der Waals surface area contributed by atoms with Crippen LogP contribution in [0.1, 0.15) is 48.8 Å². The van der Waals surface area contributed by atoms with Crippen molar-refractivity contribution in [3.8, 4) is 5.75 Å². The zero-order valence-corrected chi connectivity index (χ0v) is 15.4. The molecule has 1 saturated carbocycles. The van der Waals surface area contributed by atoms with E-state index in [-0.39, 0.29) is 11.9 Å². The van der Waals surface area contributed by atoms with Crippen molar-refractivity contribution in [1.82, 2.24) is 0 Å². The molecule has 0 N–H and O–H groups in total. The first-order valence-electron chi connectivity index (χ1n) is 9.82. The standard InChI is InChI=1S/C25H25FO/c26-23-12-7-13-24(18-23)27-25(21-10-5-2-6-11-21)22-16-14-20(15-17-22)19-8-3-1-4-9-19/h1-13,18,20,22,25H,14-17H2/t20?,22?,25-/m1/s1. The van der Waals surface area contributed by atoms with Crippen molar-refractivity contribution in [3.63, 3.8) is 0 Å². The Labute approximate surface area is 160 Å². The Hall–Kier alpha value is -2.61. The predicted molar refractivity (Wildman–Crippen MR) is 107 cm³/mol. The molecule has 0 bridgehead atoms. The molecule has 0 heterocycles. The average Bonchev–Trinajstić information content (AvgIpc) is 2.74. The molecule has 0 spiro atoms. The van der Waals surface area contributed by atoms with E-state index in [2.05, 4.69) is 42.5 Å². The third-order valence-corrected chi connectivity index (χ3v) is 5.66. The third-order valence-electron chi connectivity index (χ3n) is 5.66. The fraction of sp³-hybridized carbons (Fsp3) is 0.280. The fourth-order valence-electron chi connectivity index (χ4n) is 4.25. The summed E-state index contributed by atoms with van der Waals surface area (Å²) in [4.78, 5) is 0. The van der Waals surface area contributed by atoms with Gasteiger partial charge in [-0.25, -0.2) is 4.39 Å². The zero-order chi connectivity index (χ0) is 18.5. The second-order valence-electron chi connectivity index (χ2n) is 7.43. The second-order valence-corrected chi connectivity index (χ2v) is 7.43. The number of benzene rings is 3. The minimum absolute atomic E-state index is 0.0373. The molecule has 4 rings (SSSR count). The highest BCUT2D eigenvalue weighted by atomic mass is 19.1. The van der Waals surface area contributed by atoms with Gasteiger partial charge in [-0.3, -0.25) is 0 Å². The summed E-state index contributed by atoms with van der Waals surface area (Å²) in [5.74, 6) is 1.42. The van der Waals surface area contributed by atoms with Crippen molar-refractivity contribution < 1.29 is 9.13 Å². The van der Waals surface area contributed by atoms with E-state index < -0.39 is 0 Å². The molecule has 1 aliphatic rings. The highest BCUT2D eigenvalue weighted by molar-refractivity contribution is 5.26. The normalized spacial score (nSPS) is 20.8. The molecule has 3 aromatic rings. The van der Waals surface area contributed by atoms with Gasteiger partial charge in [0.15, 0.2) is 0 Å². The van der Waals surface area contributed by atoms with E-state index in [0.717, 1.165) is 12.8 Å². The molecule has 138 valence electrons. The van der Waals surface area contributed by atoms with Crippen molar-refractivity contribution in [1.29, 1.82) is 0 Å². The number of ether oxygens (including phenoxy) is 1. The van der Waals surface area contributed by atoms with Gasteiger partial charge in [0.2, 0.25) is 0 Å². The van der Waals surface area contributed by atoms with Crippen molar-refractivity contribution >= 4 is 0 Å². The Morgan fingerprint density at radius 3 is 2.07 bits per heavy atom. The van der Waals surface area contributed by atoms with E-state index in [1.807, 2.05) is 24.3 Å². The van der Waals surface area contributed by atoms with Gasteiger partial charge in [0.25, 0.3) is 0 Å². The Bertz CT molecular complexity index is 838. The van der Waals surface area contributed by atoms with Crippen molar-refractivity contribution in [2.45, 2.75) is 37.7 Å². The maximum absolute atomic E-state index is 13.6. The van der Waals surface area contributed by atoms with Crippen LogP contribution >= 0.6 is 0 Å². The molecule has 2 heteroatoms. The molecule has 0 saturated heterocycles. The number of hydrogen-bond acceptors (Lipinski definition) is 1. The average molecular weight is 360 g/mol. The summed E-state index contributed by atoms with van der Waals surface area (Å²) in [5, 5.41) is 0. The summed E-state index contributed by atoms with van der Waals surface area (Å²) in [6.45, 7) is 0. The molecule has 0 aliphatic heterocycles. The van der Waals surface area contributed by atoms with Crippen LogP contribution in [0.3, 0.4) is 0 Å². The van der Waals surface area contributed by atoms with Crippen molar-refractivity contribution in [3.05, 3.63) is 102 Å². The summed E-state index contributed by atoms with van der Waals surface area (Å²) >= 11 is 0. The summed E-state index contributed by atoms with van der Waals surface area (Å²) in [7, 11) is 0.